The molecule has 0 saturated heterocycles. The van der Waals surface area contributed by atoms with E-state index < -0.39 is 0 Å². The number of amides is 1. The van der Waals surface area contributed by atoms with E-state index in [-0.39, 0.29) is 17.5 Å². The molecule has 4 nitrogen and oxygen atoms in total. The third kappa shape index (κ3) is 3.92. The fourth-order valence-corrected chi connectivity index (χ4v) is 2.11. The van der Waals surface area contributed by atoms with Crippen molar-refractivity contribution in [3.63, 3.8) is 0 Å². The van der Waals surface area contributed by atoms with Crippen LogP contribution >= 0.6 is 12.2 Å². The van der Waals surface area contributed by atoms with Crippen LogP contribution in [0.25, 0.3) is 0 Å². The molecule has 0 atom stereocenters. The molecule has 1 aromatic rings. The van der Waals surface area contributed by atoms with Gasteiger partial charge in [-0.05, 0) is 30.9 Å². The molecular formula is C14H18N2O2S. The van der Waals surface area contributed by atoms with Crippen molar-refractivity contribution in [1.82, 2.24) is 5.32 Å². The van der Waals surface area contributed by atoms with Gasteiger partial charge in [0.25, 0.3) is 5.91 Å². The minimum atomic E-state index is -0.107. The van der Waals surface area contributed by atoms with Crippen molar-refractivity contribution < 1.29 is 9.53 Å². The summed E-state index contributed by atoms with van der Waals surface area (Å²) in [5, 5.41) is 2.88. The molecule has 0 bridgehead atoms. The van der Waals surface area contributed by atoms with Crippen molar-refractivity contribution in [2.45, 2.75) is 19.3 Å². The molecule has 1 aromatic carbocycles. The molecule has 2 rings (SSSR count). The molecule has 3 N–H and O–H groups in total. The standard InChI is InChI=1S/C14H18N2O2S/c15-14(19)11-6-1-2-7-12(11)18-9-13(17)16-8-10-4-3-5-10/h1-2,6-7,10H,3-5,8-9H2,(H2,15,19)(H,16,17). The molecule has 1 aliphatic carbocycles. The minimum absolute atomic E-state index is 0.00759. The smallest absolute Gasteiger partial charge is 0.257 e. The van der Waals surface area contributed by atoms with E-state index in [1.807, 2.05) is 12.1 Å². The van der Waals surface area contributed by atoms with Gasteiger partial charge in [-0.3, -0.25) is 4.79 Å². The summed E-state index contributed by atoms with van der Waals surface area (Å²) in [6, 6.07) is 7.19. The quantitative estimate of drug-likeness (QED) is 0.776. The number of rotatable bonds is 6. The first kappa shape index (κ1) is 13.8. The molecule has 0 heterocycles. The molecule has 0 aliphatic heterocycles. The third-order valence-electron chi connectivity index (χ3n) is 3.32. The summed E-state index contributed by atoms with van der Waals surface area (Å²) < 4.78 is 5.46. The normalized spacial score (nSPS) is 14.5. The van der Waals surface area contributed by atoms with E-state index >= 15 is 0 Å². The van der Waals surface area contributed by atoms with Crippen LogP contribution in [0.3, 0.4) is 0 Å². The molecule has 1 saturated carbocycles. The van der Waals surface area contributed by atoms with Crippen LogP contribution < -0.4 is 15.8 Å². The lowest BCUT2D eigenvalue weighted by Gasteiger charge is -2.25. The number of nitrogens with one attached hydrogen (secondary N) is 1. The number of thiocarbonyl (C=S) groups is 1. The van der Waals surface area contributed by atoms with Gasteiger partial charge in [0.05, 0.1) is 5.56 Å². The van der Waals surface area contributed by atoms with Crippen molar-refractivity contribution in [2.24, 2.45) is 11.7 Å². The summed E-state index contributed by atoms with van der Waals surface area (Å²) in [4.78, 5) is 11.9. The molecule has 0 aromatic heterocycles. The van der Waals surface area contributed by atoms with E-state index in [0.29, 0.717) is 17.2 Å². The lowest BCUT2D eigenvalue weighted by atomic mass is 9.85. The Balaban J connectivity index is 1.80. The number of para-hydroxylation sites is 1. The Labute approximate surface area is 118 Å². The van der Waals surface area contributed by atoms with E-state index in [1.54, 1.807) is 12.1 Å². The van der Waals surface area contributed by atoms with Gasteiger partial charge in [0.2, 0.25) is 0 Å². The van der Waals surface area contributed by atoms with Crippen LogP contribution in [0.5, 0.6) is 5.75 Å². The van der Waals surface area contributed by atoms with Gasteiger partial charge in [-0.2, -0.15) is 0 Å². The highest BCUT2D eigenvalue weighted by Crippen LogP contribution is 2.25. The van der Waals surface area contributed by atoms with Crippen LogP contribution in [-0.2, 0) is 4.79 Å². The Bertz CT molecular complexity index is 472. The molecule has 5 heteroatoms. The highest BCUT2D eigenvalue weighted by molar-refractivity contribution is 7.80. The van der Waals surface area contributed by atoms with Gasteiger partial charge >= 0.3 is 0 Å². The van der Waals surface area contributed by atoms with Gasteiger partial charge in [-0.25, -0.2) is 0 Å². The summed E-state index contributed by atoms with van der Waals surface area (Å²) in [5.74, 6) is 1.09. The molecule has 102 valence electrons. The third-order valence-corrected chi connectivity index (χ3v) is 3.54. The summed E-state index contributed by atoms with van der Waals surface area (Å²) in [7, 11) is 0. The maximum absolute atomic E-state index is 11.6. The number of ether oxygens (including phenoxy) is 1. The van der Waals surface area contributed by atoms with Crippen LogP contribution in [-0.4, -0.2) is 24.0 Å². The highest BCUT2D eigenvalue weighted by atomic mass is 32.1. The maximum Gasteiger partial charge on any atom is 0.257 e. The number of hydrogen-bond donors (Lipinski definition) is 2. The molecule has 0 radical (unpaired) electrons. The van der Waals surface area contributed by atoms with E-state index in [9.17, 15) is 4.79 Å². The topological polar surface area (TPSA) is 64.3 Å². The highest BCUT2D eigenvalue weighted by Gasteiger charge is 2.18. The Kier molecular flexibility index (Phi) is 4.74. The number of hydrogen-bond acceptors (Lipinski definition) is 3. The first-order valence-electron chi connectivity index (χ1n) is 6.45. The zero-order valence-electron chi connectivity index (χ0n) is 10.7. The lowest BCUT2D eigenvalue weighted by molar-refractivity contribution is -0.123. The molecule has 1 fully saturated rings. The van der Waals surface area contributed by atoms with Gasteiger partial charge in [0.1, 0.15) is 10.7 Å². The van der Waals surface area contributed by atoms with Gasteiger partial charge < -0.3 is 15.8 Å². The Morgan fingerprint density at radius 3 is 2.79 bits per heavy atom. The monoisotopic (exact) mass is 278 g/mol. The summed E-state index contributed by atoms with van der Waals surface area (Å²) in [5.41, 5.74) is 6.25. The van der Waals surface area contributed by atoms with Gasteiger partial charge in [-0.1, -0.05) is 30.8 Å². The predicted octanol–water partition coefficient (Wildman–Crippen LogP) is 1.62. The summed E-state index contributed by atoms with van der Waals surface area (Å²) in [6.07, 6.45) is 3.70. The van der Waals surface area contributed by atoms with Crippen LogP contribution in [0.15, 0.2) is 24.3 Å². The Hall–Kier alpha value is -1.62. The van der Waals surface area contributed by atoms with Crippen molar-refractivity contribution in [1.29, 1.82) is 0 Å². The Morgan fingerprint density at radius 1 is 1.42 bits per heavy atom. The average Bonchev–Trinajstić information content (AvgIpc) is 2.34. The molecule has 1 aliphatic rings. The van der Waals surface area contributed by atoms with Crippen molar-refractivity contribution in [3.05, 3.63) is 29.8 Å². The largest absolute Gasteiger partial charge is 0.483 e. The number of benzene rings is 1. The van der Waals surface area contributed by atoms with Crippen molar-refractivity contribution >= 4 is 23.1 Å². The average molecular weight is 278 g/mol. The van der Waals surface area contributed by atoms with Crippen molar-refractivity contribution in [3.8, 4) is 5.75 Å². The van der Waals surface area contributed by atoms with Gasteiger partial charge in [-0.15, -0.1) is 0 Å². The molecule has 0 spiro atoms. The van der Waals surface area contributed by atoms with E-state index in [0.717, 1.165) is 6.54 Å². The lowest BCUT2D eigenvalue weighted by Crippen LogP contribution is -2.35. The first-order valence-corrected chi connectivity index (χ1v) is 6.86. The second-order valence-electron chi connectivity index (χ2n) is 4.75. The maximum atomic E-state index is 11.6. The molecule has 1 amide bonds. The molecule has 0 unspecified atom stereocenters. The van der Waals surface area contributed by atoms with E-state index in [1.165, 1.54) is 19.3 Å². The second-order valence-corrected chi connectivity index (χ2v) is 5.19. The minimum Gasteiger partial charge on any atom is -0.483 e. The molecule has 19 heavy (non-hydrogen) atoms. The second kappa shape index (κ2) is 6.52. The van der Waals surface area contributed by atoms with Crippen molar-refractivity contribution in [2.75, 3.05) is 13.2 Å². The van der Waals surface area contributed by atoms with Crippen LogP contribution in [0.2, 0.25) is 0 Å². The molecular weight excluding hydrogens is 260 g/mol. The zero-order valence-corrected chi connectivity index (χ0v) is 11.5. The fraction of sp³-hybridized carbons (Fsp3) is 0.429. The van der Waals surface area contributed by atoms with Crippen LogP contribution in [0.4, 0.5) is 0 Å². The SMILES string of the molecule is NC(=S)c1ccccc1OCC(=O)NCC1CCC1. The first-order chi connectivity index (χ1) is 9.16. The van der Waals surface area contributed by atoms with E-state index in [2.05, 4.69) is 5.32 Å². The van der Waals surface area contributed by atoms with Gasteiger partial charge in [0.15, 0.2) is 6.61 Å². The number of carbonyl (C=O) groups excluding carboxylic acids is 1. The number of nitrogens with two attached hydrogens (primary N) is 1. The van der Waals surface area contributed by atoms with E-state index in [4.69, 9.17) is 22.7 Å². The number of carbonyl (C=O) groups is 1. The summed E-state index contributed by atoms with van der Waals surface area (Å²) >= 11 is 4.94. The zero-order chi connectivity index (χ0) is 13.7. The van der Waals surface area contributed by atoms with Crippen LogP contribution in [0.1, 0.15) is 24.8 Å². The fourth-order valence-electron chi connectivity index (χ4n) is 1.95. The summed E-state index contributed by atoms with van der Waals surface area (Å²) in [6.45, 7) is 0.742. The van der Waals surface area contributed by atoms with Gasteiger partial charge in [0, 0.05) is 6.54 Å². The Morgan fingerprint density at radius 2 is 2.16 bits per heavy atom. The predicted molar refractivity (Wildman–Crippen MR) is 78.2 cm³/mol. The van der Waals surface area contributed by atoms with Crippen LogP contribution in [0, 0.1) is 5.92 Å².